The van der Waals surface area contributed by atoms with Gasteiger partial charge in [-0.15, -0.1) is 0 Å². The molecule has 0 radical (unpaired) electrons. The van der Waals surface area contributed by atoms with E-state index in [2.05, 4.69) is 4.98 Å². The van der Waals surface area contributed by atoms with Gasteiger partial charge >= 0.3 is 0 Å². The van der Waals surface area contributed by atoms with Crippen molar-refractivity contribution < 1.29 is 14.5 Å². The largest absolute Gasteiger partial charge is 0.303 e. The van der Waals surface area contributed by atoms with Crippen molar-refractivity contribution in [3.8, 4) is 5.82 Å². The molecule has 1 aliphatic heterocycles. The highest BCUT2D eigenvalue weighted by atomic mass is 32.2. The molecule has 4 rings (SSSR count). The molecule has 2 amide bonds. The van der Waals surface area contributed by atoms with Crippen molar-refractivity contribution in [1.29, 1.82) is 0 Å². The predicted octanol–water partition coefficient (Wildman–Crippen LogP) is 4.63. The highest BCUT2D eigenvalue weighted by Crippen LogP contribution is 2.34. The van der Waals surface area contributed by atoms with Crippen molar-refractivity contribution >= 4 is 34.7 Å². The van der Waals surface area contributed by atoms with E-state index in [9.17, 15) is 19.7 Å². The third-order valence-corrected chi connectivity index (χ3v) is 5.90. The Labute approximate surface area is 182 Å². The molecule has 0 spiro atoms. The van der Waals surface area contributed by atoms with E-state index >= 15 is 0 Å². The van der Waals surface area contributed by atoms with Gasteiger partial charge in [-0.1, -0.05) is 18.2 Å². The monoisotopic (exact) mass is 434 g/mol. The number of hydrogen-bond acceptors (Lipinski definition) is 6. The van der Waals surface area contributed by atoms with Gasteiger partial charge in [-0.2, -0.15) is 0 Å². The normalized spacial score (nSPS) is 15.2. The lowest BCUT2D eigenvalue weighted by molar-refractivity contribution is -0.384. The van der Waals surface area contributed by atoms with Crippen LogP contribution in [0.1, 0.15) is 22.5 Å². The molecule has 9 heteroatoms. The van der Waals surface area contributed by atoms with Gasteiger partial charge in [-0.05, 0) is 61.0 Å². The van der Waals surface area contributed by atoms with E-state index in [-0.39, 0.29) is 23.4 Å². The molecule has 8 nitrogen and oxygen atoms in total. The molecule has 0 bridgehead atoms. The number of carbonyl (C=O) groups is 2. The molecule has 3 aromatic rings. The first-order valence-electron chi connectivity index (χ1n) is 9.44. The lowest BCUT2D eigenvalue weighted by atomic mass is 10.2. The molecule has 31 heavy (non-hydrogen) atoms. The van der Waals surface area contributed by atoms with Crippen LogP contribution in [0.2, 0.25) is 0 Å². The van der Waals surface area contributed by atoms with Gasteiger partial charge in [0, 0.05) is 29.7 Å². The number of nitrogens with zero attached hydrogens (tertiary/aromatic N) is 4. The van der Waals surface area contributed by atoms with Crippen LogP contribution >= 0.6 is 11.8 Å². The predicted molar refractivity (Wildman–Crippen MR) is 118 cm³/mol. The van der Waals surface area contributed by atoms with Gasteiger partial charge < -0.3 is 4.57 Å². The second kappa shape index (κ2) is 8.19. The van der Waals surface area contributed by atoms with E-state index in [1.165, 1.54) is 12.1 Å². The SMILES string of the molecule is Cc1cc(/C=C2\SC(=O)N(Cc3ccc([N+](=O)[O-])cc3)C2=O)c(C)n1-c1ccccn1. The third-order valence-electron chi connectivity index (χ3n) is 5.00. The Hall–Kier alpha value is -3.72. The van der Waals surface area contributed by atoms with Crippen molar-refractivity contribution in [3.63, 3.8) is 0 Å². The van der Waals surface area contributed by atoms with E-state index in [0.717, 1.165) is 39.4 Å². The van der Waals surface area contributed by atoms with Gasteiger partial charge in [0.1, 0.15) is 5.82 Å². The molecule has 0 saturated carbocycles. The maximum Gasteiger partial charge on any atom is 0.293 e. The molecular formula is C22H18N4O4S. The minimum absolute atomic E-state index is 0.0407. The molecule has 1 aromatic carbocycles. The van der Waals surface area contributed by atoms with Crippen LogP contribution in [-0.2, 0) is 11.3 Å². The summed E-state index contributed by atoms with van der Waals surface area (Å²) in [5, 5.41) is 10.4. The molecule has 0 atom stereocenters. The molecular weight excluding hydrogens is 416 g/mol. The number of nitro groups is 1. The average Bonchev–Trinajstić information content (AvgIpc) is 3.18. The van der Waals surface area contributed by atoms with Gasteiger partial charge in [0.05, 0.1) is 16.4 Å². The van der Waals surface area contributed by atoms with Crippen molar-refractivity contribution in [3.05, 3.63) is 92.3 Å². The Kier molecular flexibility index (Phi) is 5.43. The van der Waals surface area contributed by atoms with Gasteiger partial charge in [0.2, 0.25) is 0 Å². The number of pyridine rings is 1. The number of aromatic nitrogens is 2. The summed E-state index contributed by atoms with van der Waals surface area (Å²) in [6, 6.07) is 13.4. The van der Waals surface area contributed by atoms with Crippen LogP contribution in [0.5, 0.6) is 0 Å². The number of nitro benzene ring substituents is 1. The fourth-order valence-corrected chi connectivity index (χ4v) is 4.28. The molecule has 0 N–H and O–H groups in total. The highest BCUT2D eigenvalue weighted by molar-refractivity contribution is 8.18. The summed E-state index contributed by atoms with van der Waals surface area (Å²) in [5.41, 5.74) is 3.32. The summed E-state index contributed by atoms with van der Waals surface area (Å²) in [6.45, 7) is 3.96. The number of thioether (sulfide) groups is 1. The Bertz CT molecular complexity index is 1220. The first-order chi connectivity index (χ1) is 14.8. The molecule has 0 unspecified atom stereocenters. The summed E-state index contributed by atoms with van der Waals surface area (Å²) in [6.07, 6.45) is 3.44. The summed E-state index contributed by atoms with van der Waals surface area (Å²) in [7, 11) is 0. The molecule has 156 valence electrons. The minimum Gasteiger partial charge on any atom is -0.303 e. The summed E-state index contributed by atoms with van der Waals surface area (Å²) in [5.74, 6) is 0.402. The van der Waals surface area contributed by atoms with E-state index in [4.69, 9.17) is 0 Å². The maximum absolute atomic E-state index is 12.9. The van der Waals surface area contributed by atoms with Crippen molar-refractivity contribution in [2.45, 2.75) is 20.4 Å². The quantitative estimate of drug-likeness (QED) is 0.330. The number of hydrogen-bond donors (Lipinski definition) is 0. The number of carbonyl (C=O) groups excluding carboxylic acids is 2. The van der Waals surface area contributed by atoms with E-state index in [1.54, 1.807) is 24.4 Å². The topological polar surface area (TPSA) is 98.3 Å². The summed E-state index contributed by atoms with van der Waals surface area (Å²) >= 11 is 0.889. The smallest absolute Gasteiger partial charge is 0.293 e. The Morgan fingerprint density at radius 1 is 1.13 bits per heavy atom. The lowest BCUT2D eigenvalue weighted by Gasteiger charge is -2.12. The number of imide groups is 1. The zero-order chi connectivity index (χ0) is 22.1. The van der Waals surface area contributed by atoms with Crippen LogP contribution in [0.4, 0.5) is 10.5 Å². The highest BCUT2D eigenvalue weighted by Gasteiger charge is 2.35. The molecule has 1 fully saturated rings. The second-order valence-electron chi connectivity index (χ2n) is 7.04. The molecule has 2 aromatic heterocycles. The Morgan fingerprint density at radius 2 is 1.87 bits per heavy atom. The minimum atomic E-state index is -0.492. The fraction of sp³-hybridized carbons (Fsp3) is 0.136. The van der Waals surface area contributed by atoms with Gasteiger partial charge in [0.25, 0.3) is 16.8 Å². The number of benzene rings is 1. The Balaban J connectivity index is 1.58. The number of aryl methyl sites for hydroxylation is 1. The molecule has 0 aliphatic carbocycles. The molecule has 1 saturated heterocycles. The lowest BCUT2D eigenvalue weighted by Crippen LogP contribution is -2.27. The zero-order valence-electron chi connectivity index (χ0n) is 16.8. The van der Waals surface area contributed by atoms with E-state index in [1.807, 2.05) is 42.7 Å². The van der Waals surface area contributed by atoms with Crippen LogP contribution < -0.4 is 0 Å². The van der Waals surface area contributed by atoms with Crippen molar-refractivity contribution in [2.75, 3.05) is 0 Å². The Morgan fingerprint density at radius 3 is 2.52 bits per heavy atom. The first-order valence-corrected chi connectivity index (χ1v) is 10.3. The van der Waals surface area contributed by atoms with Crippen molar-refractivity contribution in [1.82, 2.24) is 14.5 Å². The second-order valence-corrected chi connectivity index (χ2v) is 8.03. The van der Waals surface area contributed by atoms with Gasteiger partial charge in [-0.3, -0.25) is 24.6 Å². The van der Waals surface area contributed by atoms with Gasteiger partial charge in [0.15, 0.2) is 0 Å². The average molecular weight is 434 g/mol. The number of rotatable bonds is 5. The van der Waals surface area contributed by atoms with Crippen LogP contribution in [0.3, 0.4) is 0 Å². The first kappa shape index (κ1) is 20.5. The number of amides is 2. The fourth-order valence-electron chi connectivity index (χ4n) is 3.46. The van der Waals surface area contributed by atoms with Crippen LogP contribution in [-0.4, -0.2) is 30.5 Å². The van der Waals surface area contributed by atoms with Crippen LogP contribution in [0.15, 0.2) is 59.6 Å². The van der Waals surface area contributed by atoms with E-state index < -0.39 is 4.92 Å². The zero-order valence-corrected chi connectivity index (χ0v) is 17.6. The maximum atomic E-state index is 12.9. The van der Waals surface area contributed by atoms with Crippen molar-refractivity contribution in [2.24, 2.45) is 0 Å². The van der Waals surface area contributed by atoms with Crippen LogP contribution in [0.25, 0.3) is 11.9 Å². The third kappa shape index (κ3) is 3.99. The van der Waals surface area contributed by atoms with E-state index in [0.29, 0.717) is 10.5 Å². The molecule has 1 aliphatic rings. The molecule has 3 heterocycles. The van der Waals surface area contributed by atoms with Gasteiger partial charge in [-0.25, -0.2) is 4.98 Å². The van der Waals surface area contributed by atoms with Crippen LogP contribution in [0, 0.1) is 24.0 Å². The summed E-state index contributed by atoms with van der Waals surface area (Å²) < 4.78 is 1.99. The number of non-ortho nitro benzene ring substituents is 1. The summed E-state index contributed by atoms with van der Waals surface area (Å²) in [4.78, 5) is 41.5. The standard InChI is InChI=1S/C22H18N4O4S/c1-14-11-17(15(2)25(14)20-5-3-4-10-23-20)12-19-21(27)24(22(28)31-19)13-16-6-8-18(9-7-16)26(29)30/h3-12H,13H2,1-2H3/b19-12-.